The third kappa shape index (κ3) is 3.66. The average Bonchev–Trinajstić information content (AvgIpc) is 2.53. The lowest BCUT2D eigenvalue weighted by Gasteiger charge is -2.14. The minimum Gasteiger partial charge on any atom is -0.258 e. The van der Waals surface area contributed by atoms with Gasteiger partial charge in [0.2, 0.25) is 0 Å². The Hall–Kier alpha value is -2.31. The lowest BCUT2D eigenvalue weighted by atomic mass is 10.2. The van der Waals surface area contributed by atoms with Gasteiger partial charge in [-0.1, -0.05) is 60.2 Å². The molecule has 0 N–H and O–H groups in total. The minimum atomic E-state index is -0.497. The number of rotatable bonds is 4. The molecule has 0 heterocycles. The molecule has 0 aromatic heterocycles. The molecule has 0 radical (unpaired) electrons. The maximum atomic E-state index is 11.0. The maximum Gasteiger partial charge on any atom is 0.279 e. The van der Waals surface area contributed by atoms with Crippen molar-refractivity contribution in [3.63, 3.8) is 0 Å². The second-order valence-electron chi connectivity index (χ2n) is 4.37. The Labute approximate surface area is 138 Å². The van der Waals surface area contributed by atoms with Gasteiger partial charge in [0.1, 0.15) is 4.99 Å². The van der Waals surface area contributed by atoms with Gasteiger partial charge >= 0.3 is 0 Å². The van der Waals surface area contributed by atoms with Crippen molar-refractivity contribution in [1.82, 2.24) is 5.01 Å². The fourth-order valence-electron chi connectivity index (χ4n) is 1.78. The molecule has 0 saturated carbocycles. The van der Waals surface area contributed by atoms with Crippen LogP contribution in [0.15, 0.2) is 53.6 Å². The van der Waals surface area contributed by atoms with E-state index in [4.69, 9.17) is 23.8 Å². The van der Waals surface area contributed by atoms with Gasteiger partial charge < -0.3 is 0 Å². The molecular formula is C15H12ClN3O2S. The SMILES string of the molecule is CN(N=Cc1c(Cl)cccc1[N+](=O)[O-])C(=S)c1ccccc1. The zero-order valence-electron chi connectivity index (χ0n) is 11.6. The van der Waals surface area contributed by atoms with Gasteiger partial charge in [-0.2, -0.15) is 5.10 Å². The highest BCUT2D eigenvalue weighted by molar-refractivity contribution is 7.80. The molecule has 0 bridgehead atoms. The van der Waals surface area contributed by atoms with E-state index >= 15 is 0 Å². The van der Waals surface area contributed by atoms with Gasteiger partial charge in [-0.3, -0.25) is 15.1 Å². The van der Waals surface area contributed by atoms with Gasteiger partial charge in [0, 0.05) is 18.7 Å². The van der Waals surface area contributed by atoms with Crippen LogP contribution < -0.4 is 0 Å². The second-order valence-corrected chi connectivity index (χ2v) is 5.16. The fourth-order valence-corrected chi connectivity index (χ4v) is 2.18. The van der Waals surface area contributed by atoms with Crippen LogP contribution in [0.4, 0.5) is 5.69 Å². The molecule has 0 aliphatic heterocycles. The number of halogens is 1. The lowest BCUT2D eigenvalue weighted by Crippen LogP contribution is -2.20. The molecule has 2 aromatic carbocycles. The van der Waals surface area contributed by atoms with Crippen LogP contribution in [0.3, 0.4) is 0 Å². The Bertz CT molecular complexity index is 735. The van der Waals surface area contributed by atoms with E-state index < -0.39 is 4.92 Å². The Kier molecular flexibility index (Phi) is 5.19. The molecule has 7 heteroatoms. The highest BCUT2D eigenvalue weighted by Crippen LogP contribution is 2.24. The summed E-state index contributed by atoms with van der Waals surface area (Å²) in [6.45, 7) is 0. The summed E-state index contributed by atoms with van der Waals surface area (Å²) in [7, 11) is 1.68. The molecule has 5 nitrogen and oxygen atoms in total. The predicted molar refractivity (Wildman–Crippen MR) is 91.6 cm³/mol. The highest BCUT2D eigenvalue weighted by Gasteiger charge is 2.15. The molecule has 0 atom stereocenters. The number of nitro groups is 1. The Morgan fingerprint density at radius 2 is 1.95 bits per heavy atom. The molecule has 0 aliphatic carbocycles. The van der Waals surface area contributed by atoms with Crippen molar-refractivity contribution in [3.8, 4) is 0 Å². The van der Waals surface area contributed by atoms with E-state index in [2.05, 4.69) is 5.10 Å². The van der Waals surface area contributed by atoms with E-state index in [0.29, 0.717) is 4.99 Å². The Balaban J connectivity index is 2.26. The van der Waals surface area contributed by atoms with Crippen molar-refractivity contribution in [2.75, 3.05) is 7.05 Å². The van der Waals surface area contributed by atoms with E-state index in [1.165, 1.54) is 23.4 Å². The van der Waals surface area contributed by atoms with Crippen LogP contribution in [0.25, 0.3) is 0 Å². The maximum absolute atomic E-state index is 11.0. The smallest absolute Gasteiger partial charge is 0.258 e. The number of nitro benzene ring substituents is 1. The zero-order valence-corrected chi connectivity index (χ0v) is 13.2. The summed E-state index contributed by atoms with van der Waals surface area (Å²) in [6, 6.07) is 13.8. The molecular weight excluding hydrogens is 322 g/mol. The first-order valence-electron chi connectivity index (χ1n) is 6.30. The minimum absolute atomic E-state index is 0.102. The average molecular weight is 334 g/mol. The van der Waals surface area contributed by atoms with E-state index in [1.807, 2.05) is 30.3 Å². The normalized spacial score (nSPS) is 10.6. The van der Waals surface area contributed by atoms with E-state index in [-0.39, 0.29) is 16.3 Å². The first-order chi connectivity index (χ1) is 10.5. The number of thiocarbonyl (C=S) groups is 1. The monoisotopic (exact) mass is 333 g/mol. The van der Waals surface area contributed by atoms with Crippen LogP contribution in [-0.2, 0) is 0 Å². The quantitative estimate of drug-likeness (QED) is 0.368. The standard InChI is InChI=1S/C15H12ClN3O2S/c1-18(15(22)11-6-3-2-4-7-11)17-10-12-13(16)8-5-9-14(12)19(20)21/h2-10H,1H3. The van der Waals surface area contributed by atoms with Crippen LogP contribution in [-0.4, -0.2) is 28.2 Å². The zero-order chi connectivity index (χ0) is 16.1. The first kappa shape index (κ1) is 16.1. The summed E-state index contributed by atoms with van der Waals surface area (Å²) >= 11 is 11.3. The van der Waals surface area contributed by atoms with Gasteiger partial charge in [0.25, 0.3) is 5.69 Å². The molecule has 2 aromatic rings. The Morgan fingerprint density at radius 3 is 2.59 bits per heavy atom. The van der Waals surface area contributed by atoms with Crippen molar-refractivity contribution >= 4 is 40.7 Å². The fraction of sp³-hybridized carbons (Fsp3) is 0.0667. The summed E-state index contributed by atoms with van der Waals surface area (Å²) in [6.07, 6.45) is 1.34. The van der Waals surface area contributed by atoms with E-state index in [0.717, 1.165) is 5.56 Å². The molecule has 0 unspecified atom stereocenters. The topological polar surface area (TPSA) is 58.7 Å². The van der Waals surface area contributed by atoms with Crippen LogP contribution in [0.5, 0.6) is 0 Å². The predicted octanol–water partition coefficient (Wildman–Crippen LogP) is 3.89. The number of nitrogens with zero attached hydrogens (tertiary/aromatic N) is 3. The van der Waals surface area contributed by atoms with E-state index in [9.17, 15) is 10.1 Å². The molecule has 112 valence electrons. The Morgan fingerprint density at radius 1 is 1.27 bits per heavy atom. The number of hydrogen-bond acceptors (Lipinski definition) is 4. The lowest BCUT2D eigenvalue weighted by molar-refractivity contribution is -0.385. The number of benzene rings is 2. The van der Waals surface area contributed by atoms with Crippen LogP contribution in [0.2, 0.25) is 5.02 Å². The molecule has 22 heavy (non-hydrogen) atoms. The summed E-state index contributed by atoms with van der Waals surface area (Å²) in [5.74, 6) is 0. The van der Waals surface area contributed by atoms with Crippen LogP contribution in [0, 0.1) is 10.1 Å². The third-order valence-electron chi connectivity index (χ3n) is 2.90. The van der Waals surface area contributed by atoms with Crippen molar-refractivity contribution in [2.45, 2.75) is 0 Å². The van der Waals surface area contributed by atoms with Crippen molar-refractivity contribution in [3.05, 3.63) is 74.8 Å². The van der Waals surface area contributed by atoms with Crippen molar-refractivity contribution in [1.29, 1.82) is 0 Å². The summed E-state index contributed by atoms with van der Waals surface area (Å²) in [4.78, 5) is 11.0. The molecule has 2 rings (SSSR count). The van der Waals surface area contributed by atoms with Gasteiger partial charge in [-0.25, -0.2) is 0 Å². The van der Waals surface area contributed by atoms with Crippen molar-refractivity contribution in [2.24, 2.45) is 5.10 Å². The van der Waals surface area contributed by atoms with Crippen LogP contribution in [0.1, 0.15) is 11.1 Å². The molecule has 0 aliphatic rings. The molecule has 0 fully saturated rings. The molecule has 0 saturated heterocycles. The number of hydrogen-bond donors (Lipinski definition) is 0. The summed E-state index contributed by atoms with van der Waals surface area (Å²) in [5.41, 5.74) is 0.984. The third-order valence-corrected chi connectivity index (χ3v) is 3.73. The van der Waals surface area contributed by atoms with Gasteiger partial charge in [-0.15, -0.1) is 0 Å². The van der Waals surface area contributed by atoms with Gasteiger partial charge in [0.15, 0.2) is 0 Å². The number of hydrazone groups is 1. The molecule has 0 amide bonds. The summed E-state index contributed by atoms with van der Waals surface area (Å²) < 4.78 is 0. The largest absolute Gasteiger partial charge is 0.279 e. The van der Waals surface area contributed by atoms with Crippen molar-refractivity contribution < 1.29 is 4.92 Å². The van der Waals surface area contributed by atoms with Gasteiger partial charge in [0.05, 0.1) is 21.7 Å². The molecule has 0 spiro atoms. The van der Waals surface area contributed by atoms with Gasteiger partial charge in [-0.05, 0) is 6.07 Å². The van der Waals surface area contributed by atoms with E-state index in [1.54, 1.807) is 13.1 Å². The highest BCUT2D eigenvalue weighted by atomic mass is 35.5. The second kappa shape index (κ2) is 7.11. The van der Waals surface area contributed by atoms with Crippen LogP contribution >= 0.6 is 23.8 Å². The summed E-state index contributed by atoms with van der Waals surface area (Å²) in [5, 5.41) is 16.9. The first-order valence-corrected chi connectivity index (χ1v) is 7.09.